The first-order chi connectivity index (χ1) is 27.7. The van der Waals surface area contributed by atoms with Gasteiger partial charge < -0.3 is 56.3 Å². The third kappa shape index (κ3) is 8.07. The SMILES string of the molecule is CC(=O)Oc1cc(CO)c2c(c1C=Cc1cccc(CCCO)c1)C(=O)c1cc(OC3OC(C)C(O)C(O)C3O)c(Cc3cccc(C(N)N)c3C=O)c(O)c1C2=O. The summed E-state index contributed by atoms with van der Waals surface area (Å²) in [7, 11) is 0. The predicted molar refractivity (Wildman–Crippen MR) is 208 cm³/mol. The summed E-state index contributed by atoms with van der Waals surface area (Å²) in [6.45, 7) is 1.81. The number of carbonyl (C=O) groups excluding carboxylic acids is 4. The van der Waals surface area contributed by atoms with Crippen LogP contribution in [0.25, 0.3) is 12.2 Å². The van der Waals surface area contributed by atoms with Crippen LogP contribution in [0.4, 0.5) is 0 Å². The van der Waals surface area contributed by atoms with Crippen LogP contribution in [0.3, 0.4) is 0 Å². The molecule has 2 aliphatic rings. The molecule has 0 saturated carbocycles. The van der Waals surface area contributed by atoms with Crippen LogP contribution in [0.1, 0.15) is 108 Å². The first-order valence-corrected chi connectivity index (χ1v) is 18.5. The highest BCUT2D eigenvalue weighted by Gasteiger charge is 2.44. The minimum Gasteiger partial charge on any atom is -0.507 e. The number of aromatic hydroxyl groups is 1. The van der Waals surface area contributed by atoms with Gasteiger partial charge in [0.2, 0.25) is 6.29 Å². The van der Waals surface area contributed by atoms with Gasteiger partial charge in [0.25, 0.3) is 0 Å². The first-order valence-electron chi connectivity index (χ1n) is 18.5. The number of hydrogen-bond donors (Lipinski definition) is 8. The lowest BCUT2D eigenvalue weighted by molar-refractivity contribution is -0.268. The number of hydrogen-bond acceptors (Lipinski definition) is 15. The highest BCUT2D eigenvalue weighted by Crippen LogP contribution is 2.45. The molecule has 1 heterocycles. The van der Waals surface area contributed by atoms with E-state index < -0.39 is 72.3 Å². The number of esters is 1. The fraction of sp³-hybridized carbons (Fsp3) is 0.302. The summed E-state index contributed by atoms with van der Waals surface area (Å²) >= 11 is 0. The predicted octanol–water partition coefficient (Wildman–Crippen LogP) is 2.21. The van der Waals surface area contributed by atoms with E-state index in [2.05, 4.69) is 0 Å². The number of phenolic OH excluding ortho intramolecular Hbond substituents is 1. The number of aliphatic hydroxyl groups excluding tert-OH is 5. The average Bonchev–Trinajstić information content (AvgIpc) is 3.20. The van der Waals surface area contributed by atoms with E-state index in [4.69, 9.17) is 25.7 Å². The number of ketones is 2. The van der Waals surface area contributed by atoms with Gasteiger partial charge in [0.05, 0.1) is 24.4 Å². The zero-order valence-corrected chi connectivity index (χ0v) is 31.6. The highest BCUT2D eigenvalue weighted by atomic mass is 16.7. The minimum atomic E-state index is -1.82. The van der Waals surface area contributed by atoms with Crippen molar-refractivity contribution in [1.29, 1.82) is 0 Å². The maximum absolute atomic E-state index is 14.8. The van der Waals surface area contributed by atoms with E-state index in [-0.39, 0.29) is 74.6 Å². The number of fused-ring (bicyclic) bond motifs is 2. The van der Waals surface area contributed by atoms with Crippen molar-refractivity contribution in [3.63, 3.8) is 0 Å². The van der Waals surface area contributed by atoms with Gasteiger partial charge in [-0.25, -0.2) is 0 Å². The summed E-state index contributed by atoms with van der Waals surface area (Å²) < 4.78 is 17.3. The van der Waals surface area contributed by atoms with E-state index in [9.17, 15) is 49.8 Å². The number of carbonyl (C=O) groups is 4. The summed E-state index contributed by atoms with van der Waals surface area (Å²) in [6, 6.07) is 14.4. The molecule has 1 aliphatic heterocycles. The van der Waals surface area contributed by atoms with Crippen molar-refractivity contribution >= 4 is 36.0 Å². The molecule has 4 aromatic carbocycles. The Morgan fingerprint density at radius 2 is 1.62 bits per heavy atom. The van der Waals surface area contributed by atoms with Crippen molar-refractivity contribution in [2.45, 2.75) is 76.6 Å². The van der Waals surface area contributed by atoms with E-state index in [0.29, 0.717) is 24.7 Å². The zero-order chi connectivity index (χ0) is 42.0. The number of rotatable bonds is 13. The van der Waals surface area contributed by atoms with Crippen molar-refractivity contribution in [2.24, 2.45) is 11.5 Å². The van der Waals surface area contributed by atoms with Crippen LogP contribution >= 0.6 is 0 Å². The Kier molecular flexibility index (Phi) is 12.7. The number of nitrogens with two attached hydrogens (primary N) is 2. The molecule has 0 bridgehead atoms. The van der Waals surface area contributed by atoms with Crippen molar-refractivity contribution in [3.05, 3.63) is 121 Å². The average molecular weight is 797 g/mol. The van der Waals surface area contributed by atoms with Crippen LogP contribution in [0.2, 0.25) is 0 Å². The number of benzene rings is 4. The van der Waals surface area contributed by atoms with Gasteiger partial charge in [-0.1, -0.05) is 48.5 Å². The first kappa shape index (κ1) is 42.0. The van der Waals surface area contributed by atoms with Gasteiger partial charge in [-0.3, -0.25) is 19.2 Å². The molecule has 58 heavy (non-hydrogen) atoms. The van der Waals surface area contributed by atoms with E-state index in [1.807, 2.05) is 18.2 Å². The molecule has 15 nitrogen and oxygen atoms in total. The zero-order valence-electron chi connectivity index (χ0n) is 31.6. The molecule has 4 aromatic rings. The Labute approximate surface area is 332 Å². The van der Waals surface area contributed by atoms with Gasteiger partial charge >= 0.3 is 5.97 Å². The Morgan fingerprint density at radius 1 is 0.879 bits per heavy atom. The smallest absolute Gasteiger partial charge is 0.308 e. The number of aryl methyl sites for hydroxylation is 1. The summed E-state index contributed by atoms with van der Waals surface area (Å²) in [5.74, 6) is -3.63. The molecule has 1 aliphatic carbocycles. The fourth-order valence-corrected chi connectivity index (χ4v) is 7.34. The van der Waals surface area contributed by atoms with Gasteiger partial charge in [-0.05, 0) is 65.8 Å². The molecule has 5 unspecified atom stereocenters. The molecular weight excluding hydrogens is 752 g/mol. The van der Waals surface area contributed by atoms with Gasteiger partial charge in [-0.2, -0.15) is 0 Å². The number of aliphatic hydroxyl groups is 5. The summed E-state index contributed by atoms with van der Waals surface area (Å²) in [5, 5.41) is 63.7. The van der Waals surface area contributed by atoms with Gasteiger partial charge in [0, 0.05) is 53.3 Å². The topological polar surface area (TPSA) is 269 Å². The Balaban J connectivity index is 1.57. The summed E-state index contributed by atoms with van der Waals surface area (Å²) in [4.78, 5) is 54.2. The summed E-state index contributed by atoms with van der Waals surface area (Å²) in [6.07, 6.45) is -4.31. The molecule has 304 valence electrons. The molecule has 0 amide bonds. The molecule has 10 N–H and O–H groups in total. The Morgan fingerprint density at radius 3 is 2.29 bits per heavy atom. The molecule has 1 fully saturated rings. The van der Waals surface area contributed by atoms with E-state index in [1.165, 1.54) is 19.1 Å². The van der Waals surface area contributed by atoms with Crippen LogP contribution in [0, 0.1) is 0 Å². The standard InChI is InChI=1S/C43H44N2O13/c1-20-36(50)40(54)41(55)43(56-20)58-32-17-29-35(37(51)28(32)15-24-9-4-10-26(42(44)45)30(24)19-48)39(53)33-25(18-47)16-31(57-21(2)49)27(34(33)38(29)52)12-11-23-7-3-6-22(14-23)8-5-13-46/h3-4,6-7,9-12,14,16-17,19-20,36,40-43,46-47,50-51,54-55H,5,8,13,15,18,44-45H2,1-2H3. The molecule has 0 aromatic heterocycles. The van der Waals surface area contributed by atoms with Crippen LogP contribution in [0.5, 0.6) is 17.2 Å². The van der Waals surface area contributed by atoms with Crippen molar-refractivity contribution in [1.82, 2.24) is 0 Å². The van der Waals surface area contributed by atoms with Crippen molar-refractivity contribution in [2.75, 3.05) is 6.61 Å². The molecular formula is C43H44N2O13. The Hall–Kier alpha value is -5.62. The van der Waals surface area contributed by atoms with Gasteiger partial charge in [0.1, 0.15) is 35.6 Å². The number of aldehydes is 1. The molecule has 0 spiro atoms. The molecule has 1 saturated heterocycles. The molecule has 0 radical (unpaired) electrons. The van der Waals surface area contributed by atoms with Crippen molar-refractivity contribution in [3.8, 4) is 17.2 Å². The lowest BCUT2D eigenvalue weighted by Gasteiger charge is -2.39. The minimum absolute atomic E-state index is 0.00495. The van der Waals surface area contributed by atoms with Crippen LogP contribution < -0.4 is 20.9 Å². The number of ether oxygens (including phenoxy) is 3. The monoisotopic (exact) mass is 796 g/mol. The quantitative estimate of drug-likeness (QED) is 0.0279. The molecule has 5 atom stereocenters. The molecule has 6 rings (SSSR count). The normalized spacial score (nSPS) is 20.3. The second-order valence-electron chi connectivity index (χ2n) is 14.2. The third-order valence-electron chi connectivity index (χ3n) is 10.3. The number of phenols is 1. The third-order valence-corrected chi connectivity index (χ3v) is 10.3. The highest BCUT2D eigenvalue weighted by molar-refractivity contribution is 6.31. The van der Waals surface area contributed by atoms with Crippen LogP contribution in [0.15, 0.2) is 54.6 Å². The van der Waals surface area contributed by atoms with E-state index in [1.54, 1.807) is 30.3 Å². The molecule has 15 heteroatoms. The largest absolute Gasteiger partial charge is 0.507 e. The van der Waals surface area contributed by atoms with Gasteiger partial charge in [-0.15, -0.1) is 0 Å². The second kappa shape index (κ2) is 17.5. The Bertz CT molecular complexity index is 2300. The maximum Gasteiger partial charge on any atom is 0.308 e. The summed E-state index contributed by atoms with van der Waals surface area (Å²) in [5.41, 5.74) is 12.6. The van der Waals surface area contributed by atoms with Crippen LogP contribution in [-0.4, -0.2) is 91.8 Å². The van der Waals surface area contributed by atoms with Crippen LogP contribution in [-0.2, 0) is 29.0 Å². The fourth-order valence-electron chi connectivity index (χ4n) is 7.34. The lowest BCUT2D eigenvalue weighted by atomic mass is 9.77. The van der Waals surface area contributed by atoms with Gasteiger partial charge in [0.15, 0.2) is 17.9 Å². The van der Waals surface area contributed by atoms with E-state index in [0.717, 1.165) is 18.6 Å². The lowest BCUT2D eigenvalue weighted by Crippen LogP contribution is -2.58. The second-order valence-corrected chi connectivity index (χ2v) is 14.2. The maximum atomic E-state index is 14.8. The van der Waals surface area contributed by atoms with E-state index >= 15 is 0 Å². The van der Waals surface area contributed by atoms with Crippen molar-refractivity contribution < 1.29 is 64.0 Å².